The molecule has 0 aromatic rings. The van der Waals surface area contributed by atoms with E-state index >= 15 is 0 Å². The lowest BCUT2D eigenvalue weighted by atomic mass is 9.98. The molecule has 0 aliphatic heterocycles. The van der Waals surface area contributed by atoms with Gasteiger partial charge in [0.25, 0.3) is 0 Å². The van der Waals surface area contributed by atoms with Gasteiger partial charge >= 0.3 is 0 Å². The highest BCUT2D eigenvalue weighted by Gasteiger charge is 2.10. The van der Waals surface area contributed by atoms with E-state index in [-0.39, 0.29) is 11.5 Å². The van der Waals surface area contributed by atoms with E-state index in [1.54, 1.807) is 0 Å². The van der Waals surface area contributed by atoms with E-state index < -0.39 is 0 Å². The standard InChI is InChI=1S/C10H8N2/c1-8(10(6-11)7-12)9-4-2-3-5-9/h2-5,9H,1H3. The van der Waals surface area contributed by atoms with Gasteiger partial charge in [-0.2, -0.15) is 10.5 Å². The van der Waals surface area contributed by atoms with Gasteiger partial charge in [0.1, 0.15) is 17.7 Å². The van der Waals surface area contributed by atoms with Gasteiger partial charge in [-0.05, 0) is 12.5 Å². The molecule has 0 N–H and O–H groups in total. The van der Waals surface area contributed by atoms with Crippen molar-refractivity contribution in [2.75, 3.05) is 0 Å². The van der Waals surface area contributed by atoms with Gasteiger partial charge in [0.15, 0.2) is 0 Å². The van der Waals surface area contributed by atoms with Crippen molar-refractivity contribution in [3.05, 3.63) is 35.5 Å². The molecule has 1 rings (SSSR count). The first kappa shape index (κ1) is 8.30. The second kappa shape index (κ2) is 3.55. The summed E-state index contributed by atoms with van der Waals surface area (Å²) in [5.41, 5.74) is 1.04. The van der Waals surface area contributed by atoms with Crippen molar-refractivity contribution >= 4 is 0 Å². The number of nitriles is 2. The third-order valence-electron chi connectivity index (χ3n) is 1.87. The Kier molecular flexibility index (Phi) is 2.46. The fraction of sp³-hybridized carbons (Fsp3) is 0.200. The molecule has 0 bridgehead atoms. The zero-order valence-corrected chi connectivity index (χ0v) is 6.78. The van der Waals surface area contributed by atoms with Gasteiger partial charge in [-0.15, -0.1) is 0 Å². The van der Waals surface area contributed by atoms with Crippen molar-refractivity contribution < 1.29 is 0 Å². The molecule has 2 heteroatoms. The normalized spacial score (nSPS) is 13.9. The topological polar surface area (TPSA) is 47.6 Å². The molecule has 0 spiro atoms. The summed E-state index contributed by atoms with van der Waals surface area (Å²) in [5.74, 6) is 0.138. The molecule has 0 amide bonds. The Morgan fingerprint density at radius 1 is 1.17 bits per heavy atom. The smallest absolute Gasteiger partial charge is 0.129 e. The third kappa shape index (κ3) is 1.44. The number of allylic oxidation sites excluding steroid dienone is 6. The van der Waals surface area contributed by atoms with E-state index in [1.165, 1.54) is 0 Å². The van der Waals surface area contributed by atoms with E-state index in [2.05, 4.69) is 0 Å². The molecule has 0 saturated heterocycles. The van der Waals surface area contributed by atoms with Crippen molar-refractivity contribution in [2.24, 2.45) is 5.92 Å². The quantitative estimate of drug-likeness (QED) is 0.546. The zero-order valence-electron chi connectivity index (χ0n) is 6.78. The van der Waals surface area contributed by atoms with Crippen LogP contribution in [0.4, 0.5) is 0 Å². The van der Waals surface area contributed by atoms with Crippen molar-refractivity contribution in [3.63, 3.8) is 0 Å². The van der Waals surface area contributed by atoms with Crippen LogP contribution < -0.4 is 0 Å². The van der Waals surface area contributed by atoms with Gasteiger partial charge in [0.2, 0.25) is 0 Å². The van der Waals surface area contributed by atoms with Crippen molar-refractivity contribution in [2.45, 2.75) is 6.92 Å². The van der Waals surface area contributed by atoms with E-state index in [1.807, 2.05) is 43.4 Å². The van der Waals surface area contributed by atoms with Crippen molar-refractivity contribution in [1.29, 1.82) is 10.5 Å². The largest absolute Gasteiger partial charge is 0.192 e. The number of rotatable bonds is 1. The SMILES string of the molecule is CC(=C(C#N)C#N)C1C=CC=C1. The van der Waals surface area contributed by atoms with Crippen LogP contribution in [0.3, 0.4) is 0 Å². The molecule has 0 saturated carbocycles. The fourth-order valence-corrected chi connectivity index (χ4v) is 1.09. The minimum atomic E-state index is 0.138. The summed E-state index contributed by atoms with van der Waals surface area (Å²) in [6.45, 7) is 1.81. The average molecular weight is 156 g/mol. The van der Waals surface area contributed by atoms with Gasteiger partial charge in [0.05, 0.1) is 0 Å². The summed E-state index contributed by atoms with van der Waals surface area (Å²) in [4.78, 5) is 0. The van der Waals surface area contributed by atoms with Gasteiger partial charge in [-0.3, -0.25) is 0 Å². The molecule has 0 radical (unpaired) electrons. The number of hydrogen-bond donors (Lipinski definition) is 0. The molecule has 0 heterocycles. The van der Waals surface area contributed by atoms with E-state index in [0.717, 1.165) is 5.57 Å². The molecule has 0 unspecified atom stereocenters. The van der Waals surface area contributed by atoms with E-state index in [0.29, 0.717) is 0 Å². The number of hydrogen-bond acceptors (Lipinski definition) is 2. The van der Waals surface area contributed by atoms with Crippen LogP contribution in [-0.2, 0) is 0 Å². The third-order valence-corrected chi connectivity index (χ3v) is 1.87. The predicted molar refractivity (Wildman–Crippen MR) is 45.7 cm³/mol. The summed E-state index contributed by atoms with van der Waals surface area (Å²) in [7, 11) is 0. The first-order valence-electron chi connectivity index (χ1n) is 3.65. The first-order chi connectivity index (χ1) is 5.79. The molecule has 0 aromatic carbocycles. The lowest BCUT2D eigenvalue weighted by molar-refractivity contribution is 0.974. The highest BCUT2D eigenvalue weighted by molar-refractivity contribution is 5.44. The zero-order chi connectivity index (χ0) is 8.97. The van der Waals surface area contributed by atoms with Gasteiger partial charge in [-0.25, -0.2) is 0 Å². The maximum Gasteiger partial charge on any atom is 0.129 e. The molecule has 0 fully saturated rings. The summed E-state index contributed by atoms with van der Waals surface area (Å²) in [6.07, 6.45) is 7.76. The highest BCUT2D eigenvalue weighted by Crippen LogP contribution is 2.20. The van der Waals surface area contributed by atoms with Crippen molar-refractivity contribution in [1.82, 2.24) is 0 Å². The highest BCUT2D eigenvalue weighted by atomic mass is 14.3. The Morgan fingerprint density at radius 2 is 1.67 bits per heavy atom. The molecule has 0 atom stereocenters. The van der Waals surface area contributed by atoms with Crippen molar-refractivity contribution in [3.8, 4) is 12.1 Å². The molecule has 1 aliphatic rings. The summed E-state index contributed by atoms with van der Waals surface area (Å²) < 4.78 is 0. The van der Waals surface area contributed by atoms with E-state index in [9.17, 15) is 0 Å². The van der Waals surface area contributed by atoms with Gasteiger partial charge in [-0.1, -0.05) is 24.3 Å². The summed E-state index contributed by atoms with van der Waals surface area (Å²) >= 11 is 0. The Hall–Kier alpha value is -1.80. The van der Waals surface area contributed by atoms with Crippen LogP contribution in [0.5, 0.6) is 0 Å². The number of nitrogens with zero attached hydrogens (tertiary/aromatic N) is 2. The monoisotopic (exact) mass is 156 g/mol. The second-order valence-electron chi connectivity index (χ2n) is 2.58. The van der Waals surface area contributed by atoms with Crippen LogP contribution in [0.1, 0.15) is 6.92 Å². The van der Waals surface area contributed by atoms with E-state index in [4.69, 9.17) is 10.5 Å². The molecular weight excluding hydrogens is 148 g/mol. The molecule has 58 valence electrons. The molecule has 1 aliphatic carbocycles. The van der Waals surface area contributed by atoms with Crippen LogP contribution in [0.2, 0.25) is 0 Å². The molecule has 0 aromatic heterocycles. The fourth-order valence-electron chi connectivity index (χ4n) is 1.09. The maximum atomic E-state index is 8.58. The molecular formula is C10H8N2. The molecule has 12 heavy (non-hydrogen) atoms. The minimum absolute atomic E-state index is 0.138. The Bertz CT molecular complexity index is 317. The first-order valence-corrected chi connectivity index (χ1v) is 3.65. The second-order valence-corrected chi connectivity index (χ2v) is 2.58. The van der Waals surface area contributed by atoms with Crippen LogP contribution in [0.25, 0.3) is 0 Å². The Labute approximate surface area is 71.7 Å². The minimum Gasteiger partial charge on any atom is -0.192 e. The van der Waals surface area contributed by atoms with Crippen LogP contribution in [-0.4, -0.2) is 0 Å². The van der Waals surface area contributed by atoms with Crippen LogP contribution >= 0.6 is 0 Å². The predicted octanol–water partition coefficient (Wildman–Crippen LogP) is 2.09. The average Bonchev–Trinajstić information content (AvgIpc) is 2.58. The Morgan fingerprint density at radius 3 is 2.08 bits per heavy atom. The van der Waals surface area contributed by atoms with Crippen LogP contribution in [0, 0.1) is 28.6 Å². The summed E-state index contributed by atoms with van der Waals surface area (Å²) in [6, 6.07) is 3.76. The van der Waals surface area contributed by atoms with Gasteiger partial charge in [0, 0.05) is 5.92 Å². The summed E-state index contributed by atoms with van der Waals surface area (Å²) in [5, 5.41) is 17.2. The van der Waals surface area contributed by atoms with Crippen LogP contribution in [0.15, 0.2) is 35.5 Å². The lowest BCUT2D eigenvalue weighted by Crippen LogP contribution is -1.94. The molecule has 2 nitrogen and oxygen atoms in total. The van der Waals surface area contributed by atoms with Gasteiger partial charge < -0.3 is 0 Å². The maximum absolute atomic E-state index is 8.58. The lowest BCUT2D eigenvalue weighted by Gasteiger charge is -2.03. The Balaban J connectivity index is 2.97.